The molecule has 1 aliphatic carbocycles. The van der Waals surface area contributed by atoms with Gasteiger partial charge in [-0.1, -0.05) is 19.3 Å². The summed E-state index contributed by atoms with van der Waals surface area (Å²) >= 11 is 0. The molecule has 26 heavy (non-hydrogen) atoms. The fourth-order valence-corrected chi connectivity index (χ4v) is 3.24. The highest BCUT2D eigenvalue weighted by Gasteiger charge is 2.26. The van der Waals surface area contributed by atoms with Crippen LogP contribution in [0.4, 0.5) is 0 Å². The average molecular weight is 363 g/mol. The fraction of sp³-hybridized carbons (Fsp3) is 0.600. The van der Waals surface area contributed by atoms with Crippen LogP contribution in [0.3, 0.4) is 0 Å². The summed E-state index contributed by atoms with van der Waals surface area (Å²) in [4.78, 5) is 26.0. The zero-order valence-corrected chi connectivity index (χ0v) is 15.7. The molecule has 1 fully saturated rings. The van der Waals surface area contributed by atoms with E-state index in [4.69, 9.17) is 14.2 Å². The van der Waals surface area contributed by atoms with Crippen molar-refractivity contribution in [2.45, 2.75) is 51.5 Å². The second-order valence-electron chi connectivity index (χ2n) is 6.40. The lowest BCUT2D eigenvalue weighted by molar-refractivity contribution is -0.143. The Bertz CT molecular complexity index is 566. The molecule has 0 atom stereocenters. The SMILES string of the molecule is CCOc1ccc(OCC(=O)N(CCC(=O)OC)C2CCCCC2)cc1. The number of hydrogen-bond donors (Lipinski definition) is 0. The Morgan fingerprint density at radius 3 is 2.23 bits per heavy atom. The van der Waals surface area contributed by atoms with Gasteiger partial charge in [0.1, 0.15) is 11.5 Å². The average Bonchev–Trinajstić information content (AvgIpc) is 2.68. The van der Waals surface area contributed by atoms with Gasteiger partial charge in [-0.05, 0) is 44.0 Å². The molecule has 0 heterocycles. The van der Waals surface area contributed by atoms with E-state index in [0.717, 1.165) is 31.4 Å². The van der Waals surface area contributed by atoms with E-state index in [0.29, 0.717) is 18.9 Å². The summed E-state index contributed by atoms with van der Waals surface area (Å²) in [7, 11) is 1.37. The van der Waals surface area contributed by atoms with E-state index in [1.807, 2.05) is 19.1 Å². The Morgan fingerprint density at radius 1 is 1.04 bits per heavy atom. The van der Waals surface area contributed by atoms with Crippen LogP contribution in [0.15, 0.2) is 24.3 Å². The molecule has 0 aromatic heterocycles. The zero-order chi connectivity index (χ0) is 18.8. The Kier molecular flexibility index (Phi) is 8.25. The maximum absolute atomic E-state index is 12.7. The topological polar surface area (TPSA) is 65.1 Å². The Labute approximate surface area is 155 Å². The van der Waals surface area contributed by atoms with E-state index in [1.54, 1.807) is 17.0 Å². The van der Waals surface area contributed by atoms with Gasteiger partial charge in [0.2, 0.25) is 0 Å². The van der Waals surface area contributed by atoms with E-state index in [1.165, 1.54) is 13.5 Å². The van der Waals surface area contributed by atoms with Crippen molar-refractivity contribution in [2.75, 3.05) is 26.9 Å². The number of amides is 1. The van der Waals surface area contributed by atoms with Gasteiger partial charge < -0.3 is 19.1 Å². The summed E-state index contributed by atoms with van der Waals surface area (Å²) in [5.74, 6) is 1.01. The van der Waals surface area contributed by atoms with Crippen LogP contribution in [-0.4, -0.2) is 49.7 Å². The quantitative estimate of drug-likeness (QED) is 0.631. The van der Waals surface area contributed by atoms with E-state index in [2.05, 4.69) is 0 Å². The molecule has 1 amide bonds. The number of rotatable bonds is 9. The molecule has 0 unspecified atom stereocenters. The molecule has 0 radical (unpaired) electrons. The van der Waals surface area contributed by atoms with E-state index in [9.17, 15) is 9.59 Å². The lowest BCUT2D eigenvalue weighted by Crippen LogP contribution is -2.44. The molecule has 1 aromatic rings. The smallest absolute Gasteiger partial charge is 0.307 e. The Balaban J connectivity index is 1.92. The number of methoxy groups -OCH3 is 1. The van der Waals surface area contributed by atoms with Crippen molar-refractivity contribution in [3.8, 4) is 11.5 Å². The van der Waals surface area contributed by atoms with Gasteiger partial charge in [-0.2, -0.15) is 0 Å². The van der Waals surface area contributed by atoms with Crippen LogP contribution in [0, 0.1) is 0 Å². The molecule has 1 saturated carbocycles. The van der Waals surface area contributed by atoms with Crippen molar-refractivity contribution in [2.24, 2.45) is 0 Å². The second-order valence-corrected chi connectivity index (χ2v) is 6.40. The van der Waals surface area contributed by atoms with Crippen LogP contribution in [0.2, 0.25) is 0 Å². The maximum atomic E-state index is 12.7. The summed E-state index contributed by atoms with van der Waals surface area (Å²) in [5, 5.41) is 0. The molecule has 2 rings (SSSR count). The standard InChI is InChI=1S/C20H29NO5/c1-3-25-17-9-11-18(12-10-17)26-15-19(22)21(14-13-20(23)24-2)16-7-5-4-6-8-16/h9-12,16H,3-8,13-15H2,1-2H3. The van der Waals surface area contributed by atoms with Gasteiger partial charge in [-0.15, -0.1) is 0 Å². The minimum Gasteiger partial charge on any atom is -0.494 e. The van der Waals surface area contributed by atoms with Crippen LogP contribution < -0.4 is 9.47 Å². The van der Waals surface area contributed by atoms with Gasteiger partial charge in [0.15, 0.2) is 6.61 Å². The molecular weight excluding hydrogens is 334 g/mol. The van der Waals surface area contributed by atoms with Crippen molar-refractivity contribution < 1.29 is 23.8 Å². The van der Waals surface area contributed by atoms with Gasteiger partial charge in [-0.3, -0.25) is 9.59 Å². The van der Waals surface area contributed by atoms with Crippen LogP contribution in [0.5, 0.6) is 11.5 Å². The predicted molar refractivity (Wildman–Crippen MR) is 98.3 cm³/mol. The van der Waals surface area contributed by atoms with Gasteiger partial charge in [-0.25, -0.2) is 0 Å². The number of esters is 1. The lowest BCUT2D eigenvalue weighted by atomic mass is 9.94. The summed E-state index contributed by atoms with van der Waals surface area (Å²) in [6, 6.07) is 7.40. The third kappa shape index (κ3) is 6.24. The molecule has 0 bridgehead atoms. The van der Waals surface area contributed by atoms with E-state index in [-0.39, 0.29) is 30.9 Å². The van der Waals surface area contributed by atoms with Crippen molar-refractivity contribution in [3.05, 3.63) is 24.3 Å². The van der Waals surface area contributed by atoms with E-state index >= 15 is 0 Å². The number of carbonyl (C=O) groups excluding carboxylic acids is 2. The monoisotopic (exact) mass is 363 g/mol. The van der Waals surface area contributed by atoms with E-state index < -0.39 is 0 Å². The third-order valence-corrected chi connectivity index (χ3v) is 4.62. The Hall–Kier alpha value is -2.24. The summed E-state index contributed by atoms with van der Waals surface area (Å²) < 4.78 is 15.7. The number of carbonyl (C=O) groups is 2. The molecule has 0 aliphatic heterocycles. The minimum atomic E-state index is -0.300. The van der Waals surface area contributed by atoms with Crippen LogP contribution in [-0.2, 0) is 14.3 Å². The van der Waals surface area contributed by atoms with Gasteiger partial charge >= 0.3 is 5.97 Å². The molecule has 6 nitrogen and oxygen atoms in total. The van der Waals surface area contributed by atoms with Crippen molar-refractivity contribution in [1.82, 2.24) is 4.90 Å². The largest absolute Gasteiger partial charge is 0.494 e. The summed E-state index contributed by atoms with van der Waals surface area (Å²) in [6.07, 6.45) is 5.62. The van der Waals surface area contributed by atoms with Crippen LogP contribution in [0.25, 0.3) is 0 Å². The first kappa shape index (κ1) is 20.1. The molecule has 0 spiro atoms. The highest BCUT2D eigenvalue weighted by Crippen LogP contribution is 2.23. The van der Waals surface area contributed by atoms with Gasteiger partial charge in [0.25, 0.3) is 5.91 Å². The highest BCUT2D eigenvalue weighted by atomic mass is 16.5. The normalized spacial score (nSPS) is 14.5. The van der Waals surface area contributed by atoms with Crippen molar-refractivity contribution >= 4 is 11.9 Å². The van der Waals surface area contributed by atoms with Crippen molar-refractivity contribution in [3.63, 3.8) is 0 Å². The first-order chi connectivity index (χ1) is 12.6. The summed E-state index contributed by atoms with van der Waals surface area (Å²) in [5.41, 5.74) is 0. The highest BCUT2D eigenvalue weighted by molar-refractivity contribution is 5.79. The molecule has 144 valence electrons. The molecule has 1 aliphatic rings. The van der Waals surface area contributed by atoms with Gasteiger partial charge in [0.05, 0.1) is 20.1 Å². The molecule has 0 saturated heterocycles. The molecular formula is C20H29NO5. The van der Waals surface area contributed by atoms with Crippen molar-refractivity contribution in [1.29, 1.82) is 0 Å². The number of hydrogen-bond acceptors (Lipinski definition) is 5. The Morgan fingerprint density at radius 2 is 1.65 bits per heavy atom. The summed E-state index contributed by atoms with van der Waals surface area (Å²) in [6.45, 7) is 2.88. The minimum absolute atomic E-state index is 0.0361. The first-order valence-corrected chi connectivity index (χ1v) is 9.36. The fourth-order valence-electron chi connectivity index (χ4n) is 3.24. The number of benzene rings is 1. The van der Waals surface area contributed by atoms with Crippen LogP contribution in [0.1, 0.15) is 45.4 Å². The second kappa shape index (κ2) is 10.7. The maximum Gasteiger partial charge on any atom is 0.307 e. The third-order valence-electron chi connectivity index (χ3n) is 4.62. The molecule has 6 heteroatoms. The van der Waals surface area contributed by atoms with Crippen LogP contribution >= 0.6 is 0 Å². The number of nitrogens with zero attached hydrogens (tertiary/aromatic N) is 1. The first-order valence-electron chi connectivity index (χ1n) is 9.36. The molecule has 1 aromatic carbocycles. The van der Waals surface area contributed by atoms with Gasteiger partial charge in [0, 0.05) is 12.6 Å². The zero-order valence-electron chi connectivity index (χ0n) is 15.7. The lowest BCUT2D eigenvalue weighted by Gasteiger charge is -2.34. The predicted octanol–water partition coefficient (Wildman–Crippen LogP) is 3.19. The molecule has 0 N–H and O–H groups in total. The number of ether oxygens (including phenoxy) is 3.